The quantitative estimate of drug-likeness (QED) is 0.384. The third kappa shape index (κ3) is 6.86. The van der Waals surface area contributed by atoms with E-state index in [0.717, 1.165) is 11.1 Å². The summed E-state index contributed by atoms with van der Waals surface area (Å²) >= 11 is 0. The van der Waals surface area contributed by atoms with Crippen molar-refractivity contribution >= 4 is 19.2 Å². The van der Waals surface area contributed by atoms with Crippen molar-refractivity contribution in [1.82, 2.24) is 5.09 Å². The molecule has 0 radical (unpaired) electrons. The number of benzene rings is 1. The van der Waals surface area contributed by atoms with Gasteiger partial charge in [-0.05, 0) is 50.7 Å². The van der Waals surface area contributed by atoms with E-state index in [1.807, 2.05) is 45.9 Å². The van der Waals surface area contributed by atoms with Gasteiger partial charge in [-0.25, -0.2) is 14.4 Å². The standard InChI is InChI=1S/C21H34NO6P/c1-9-26-21(24)29(25,22-16(8)20(23)27-15(6)7)28-19-17(13(2)3)11-10-12-18(19)14(4)5/h10-16H,9H2,1-8H3,(H,22,25)/t16-,29+/m1/s1. The van der Waals surface area contributed by atoms with Gasteiger partial charge in [0.2, 0.25) is 0 Å². The first-order valence-corrected chi connectivity index (χ1v) is 11.6. The van der Waals surface area contributed by atoms with Crippen LogP contribution in [-0.2, 0) is 18.8 Å². The molecule has 2 atom stereocenters. The van der Waals surface area contributed by atoms with Crippen molar-refractivity contribution in [3.8, 4) is 5.75 Å². The van der Waals surface area contributed by atoms with Gasteiger partial charge in [0.05, 0.1) is 12.7 Å². The van der Waals surface area contributed by atoms with Crippen molar-refractivity contribution in [3.05, 3.63) is 29.3 Å². The number of rotatable bonds is 10. The van der Waals surface area contributed by atoms with Crippen LogP contribution in [-0.4, -0.2) is 30.4 Å². The molecular weight excluding hydrogens is 393 g/mol. The second kappa shape index (κ2) is 10.8. The average Bonchev–Trinajstić information content (AvgIpc) is 2.60. The minimum Gasteiger partial charge on any atom is -0.462 e. The Hall–Kier alpha value is -1.85. The van der Waals surface area contributed by atoms with E-state index in [-0.39, 0.29) is 24.5 Å². The molecule has 0 spiro atoms. The summed E-state index contributed by atoms with van der Waals surface area (Å²) in [7, 11) is -4.25. The summed E-state index contributed by atoms with van der Waals surface area (Å²) in [4.78, 5) is 24.8. The van der Waals surface area contributed by atoms with Crippen molar-refractivity contribution in [1.29, 1.82) is 0 Å². The van der Waals surface area contributed by atoms with Crippen LogP contribution in [0, 0.1) is 0 Å². The number of hydrogen-bond acceptors (Lipinski definition) is 6. The zero-order valence-corrected chi connectivity index (χ0v) is 19.5. The molecule has 0 aliphatic carbocycles. The maximum Gasteiger partial charge on any atom is 0.424 e. The van der Waals surface area contributed by atoms with Gasteiger partial charge >= 0.3 is 19.2 Å². The number of nitrogens with one attached hydrogen (secondary N) is 1. The smallest absolute Gasteiger partial charge is 0.424 e. The first kappa shape index (κ1) is 25.2. The molecular formula is C21H34NO6P. The second-order valence-corrected chi connectivity index (χ2v) is 9.66. The van der Waals surface area contributed by atoms with E-state index in [1.165, 1.54) is 6.92 Å². The van der Waals surface area contributed by atoms with Crippen LogP contribution in [0.2, 0.25) is 0 Å². The van der Waals surface area contributed by atoms with Crippen LogP contribution in [0.5, 0.6) is 5.75 Å². The molecule has 0 aromatic heterocycles. The number of hydrogen-bond donors (Lipinski definition) is 1. The lowest BCUT2D eigenvalue weighted by Crippen LogP contribution is -2.37. The van der Waals surface area contributed by atoms with Gasteiger partial charge < -0.3 is 14.0 Å². The Labute approximate surface area is 174 Å². The number of esters is 1. The first-order valence-electron chi connectivity index (χ1n) is 10.0. The summed E-state index contributed by atoms with van der Waals surface area (Å²) in [5.41, 5.74) is 0.609. The van der Waals surface area contributed by atoms with E-state index >= 15 is 0 Å². The number of carbonyl (C=O) groups excluding carboxylic acids is 2. The highest BCUT2D eigenvalue weighted by Gasteiger charge is 2.41. The number of para-hydroxylation sites is 1. The molecule has 0 fully saturated rings. The highest BCUT2D eigenvalue weighted by atomic mass is 31.2. The molecule has 7 nitrogen and oxygen atoms in total. The maximum absolute atomic E-state index is 13.6. The van der Waals surface area contributed by atoms with Crippen LogP contribution in [0.25, 0.3) is 0 Å². The van der Waals surface area contributed by atoms with Gasteiger partial charge in [0.1, 0.15) is 11.8 Å². The third-order valence-electron chi connectivity index (χ3n) is 4.12. The molecule has 0 aliphatic rings. The van der Waals surface area contributed by atoms with Gasteiger partial charge in [-0.3, -0.25) is 4.79 Å². The van der Waals surface area contributed by atoms with Gasteiger partial charge in [0.15, 0.2) is 0 Å². The summed E-state index contributed by atoms with van der Waals surface area (Å²) in [6, 6.07) is 4.62. The monoisotopic (exact) mass is 427 g/mol. The molecule has 0 heterocycles. The van der Waals surface area contributed by atoms with Crippen molar-refractivity contribution in [2.75, 3.05) is 6.61 Å². The van der Waals surface area contributed by atoms with Crippen LogP contribution in [0.1, 0.15) is 78.4 Å². The first-order chi connectivity index (χ1) is 13.4. The van der Waals surface area contributed by atoms with Gasteiger partial charge in [0, 0.05) is 0 Å². The molecule has 0 amide bonds. The van der Waals surface area contributed by atoms with Crippen LogP contribution in [0.3, 0.4) is 0 Å². The molecule has 0 unspecified atom stereocenters. The molecule has 0 aliphatic heterocycles. The fourth-order valence-corrected chi connectivity index (χ4v) is 4.30. The molecule has 0 saturated heterocycles. The van der Waals surface area contributed by atoms with E-state index in [1.54, 1.807) is 20.8 Å². The average molecular weight is 427 g/mol. The van der Waals surface area contributed by atoms with Crippen LogP contribution >= 0.6 is 7.52 Å². The van der Waals surface area contributed by atoms with E-state index < -0.39 is 25.2 Å². The summed E-state index contributed by atoms with van der Waals surface area (Å²) in [6.07, 6.45) is -0.344. The van der Waals surface area contributed by atoms with E-state index in [9.17, 15) is 14.2 Å². The number of carbonyl (C=O) groups is 2. The van der Waals surface area contributed by atoms with Crippen molar-refractivity contribution < 1.29 is 28.2 Å². The summed E-state index contributed by atoms with van der Waals surface area (Å²) in [5.74, 6) is -0.106. The molecule has 0 saturated carbocycles. The molecule has 1 N–H and O–H groups in total. The zero-order chi connectivity index (χ0) is 22.4. The molecule has 1 aromatic rings. The van der Waals surface area contributed by atoms with Gasteiger partial charge in [-0.15, -0.1) is 0 Å². The molecule has 1 aromatic carbocycles. The van der Waals surface area contributed by atoms with Gasteiger partial charge in [-0.2, -0.15) is 0 Å². The van der Waals surface area contributed by atoms with E-state index in [4.69, 9.17) is 14.0 Å². The van der Waals surface area contributed by atoms with Crippen molar-refractivity contribution in [3.63, 3.8) is 0 Å². The topological polar surface area (TPSA) is 90.9 Å². The van der Waals surface area contributed by atoms with E-state index in [0.29, 0.717) is 5.75 Å². The molecule has 8 heteroatoms. The van der Waals surface area contributed by atoms with E-state index in [2.05, 4.69) is 5.09 Å². The summed E-state index contributed by atoms with van der Waals surface area (Å²) in [6.45, 7) is 14.5. The Balaban J connectivity index is 3.39. The largest absolute Gasteiger partial charge is 0.462 e. The predicted octanol–water partition coefficient (Wildman–Crippen LogP) is 5.59. The minimum atomic E-state index is -4.25. The zero-order valence-electron chi connectivity index (χ0n) is 18.6. The SMILES string of the molecule is CCOC(=O)[P@@](=O)(N[C@H](C)C(=O)OC(C)C)Oc1c(C(C)C)cccc1C(C)C. The summed E-state index contributed by atoms with van der Waals surface area (Å²) in [5, 5.41) is 2.55. The molecule has 0 bridgehead atoms. The van der Waals surface area contributed by atoms with Crippen LogP contribution in [0.15, 0.2) is 18.2 Å². The van der Waals surface area contributed by atoms with Crippen LogP contribution in [0.4, 0.5) is 4.79 Å². The molecule has 29 heavy (non-hydrogen) atoms. The van der Waals surface area contributed by atoms with Gasteiger partial charge in [0.25, 0.3) is 0 Å². The predicted molar refractivity (Wildman–Crippen MR) is 114 cm³/mol. The Kier molecular flexibility index (Phi) is 9.37. The van der Waals surface area contributed by atoms with Gasteiger partial charge in [-0.1, -0.05) is 45.9 Å². The normalized spacial score (nSPS) is 14.6. The molecule has 1 rings (SSSR count). The minimum absolute atomic E-state index is 0.0293. The Morgan fingerprint density at radius 1 is 1.00 bits per heavy atom. The van der Waals surface area contributed by atoms with Crippen molar-refractivity contribution in [2.24, 2.45) is 0 Å². The van der Waals surface area contributed by atoms with Crippen molar-refractivity contribution in [2.45, 2.75) is 79.4 Å². The Morgan fingerprint density at radius 2 is 1.52 bits per heavy atom. The lowest BCUT2D eigenvalue weighted by atomic mass is 9.94. The molecule has 164 valence electrons. The highest BCUT2D eigenvalue weighted by molar-refractivity contribution is 7.74. The second-order valence-electron chi connectivity index (χ2n) is 7.75. The fourth-order valence-electron chi connectivity index (χ4n) is 2.68. The fraction of sp³-hybridized carbons (Fsp3) is 0.619. The number of ether oxygens (including phenoxy) is 2. The lowest BCUT2D eigenvalue weighted by Gasteiger charge is -2.26. The Bertz CT molecular complexity index is 733. The van der Waals surface area contributed by atoms with Crippen LogP contribution < -0.4 is 9.61 Å². The lowest BCUT2D eigenvalue weighted by molar-refractivity contribution is -0.149. The maximum atomic E-state index is 13.6. The Morgan fingerprint density at radius 3 is 1.93 bits per heavy atom. The summed E-state index contributed by atoms with van der Waals surface area (Å²) < 4.78 is 29.6. The third-order valence-corrected chi connectivity index (χ3v) is 5.89. The highest BCUT2D eigenvalue weighted by Crippen LogP contribution is 2.49.